The van der Waals surface area contributed by atoms with E-state index in [2.05, 4.69) is 61.5 Å². The first-order valence-electron chi connectivity index (χ1n) is 11.2. The van der Waals surface area contributed by atoms with Gasteiger partial charge in [0.1, 0.15) is 0 Å². The summed E-state index contributed by atoms with van der Waals surface area (Å²) in [5.41, 5.74) is 7.98. The van der Waals surface area contributed by atoms with Crippen LogP contribution in [0.5, 0.6) is 0 Å². The minimum Gasteiger partial charge on any atom is -0.0648 e. The summed E-state index contributed by atoms with van der Waals surface area (Å²) in [5, 5.41) is 0. The molecule has 2 aromatic carbocycles. The van der Waals surface area contributed by atoms with Crippen molar-refractivity contribution in [3.8, 4) is 11.1 Å². The Morgan fingerprint density at radius 3 is 2.19 bits per heavy atom. The zero-order valence-electron chi connectivity index (χ0n) is 17.0. The molecule has 1 fully saturated rings. The molecule has 0 aromatic heterocycles. The van der Waals surface area contributed by atoms with Crippen LogP contribution in [0.25, 0.3) is 17.2 Å². The maximum atomic E-state index is 2.54. The fourth-order valence-electron chi connectivity index (χ4n) is 5.39. The topological polar surface area (TPSA) is 0 Å². The average molecular weight is 359 g/mol. The normalized spacial score (nSPS) is 19.5. The first kappa shape index (κ1) is 18.5. The van der Waals surface area contributed by atoms with Gasteiger partial charge < -0.3 is 0 Å². The summed E-state index contributed by atoms with van der Waals surface area (Å²) in [6.45, 7) is 2.44. The molecule has 0 N–H and O–H groups in total. The van der Waals surface area contributed by atoms with Gasteiger partial charge in [0.15, 0.2) is 0 Å². The number of allylic oxidation sites excluding steroid dienone is 1. The molecule has 1 saturated carbocycles. The van der Waals surface area contributed by atoms with Crippen molar-refractivity contribution in [1.82, 2.24) is 0 Å². The summed E-state index contributed by atoms with van der Waals surface area (Å²) in [4.78, 5) is 0. The van der Waals surface area contributed by atoms with Crippen molar-refractivity contribution in [2.24, 2.45) is 5.41 Å². The summed E-state index contributed by atoms with van der Waals surface area (Å²) in [5.74, 6) is 0. The molecule has 0 spiro atoms. The van der Waals surface area contributed by atoms with Crippen molar-refractivity contribution in [1.29, 1.82) is 0 Å². The van der Waals surface area contributed by atoms with Gasteiger partial charge >= 0.3 is 0 Å². The highest BCUT2D eigenvalue weighted by Gasteiger charge is 2.30. The fourth-order valence-corrected chi connectivity index (χ4v) is 5.39. The Morgan fingerprint density at radius 2 is 1.48 bits per heavy atom. The SMILES string of the molecule is CCC1(CC2=Cc3c(cccc3-c3ccccc3)C2)CCCCCCCC1. The van der Waals surface area contributed by atoms with Crippen LogP contribution in [0.3, 0.4) is 0 Å². The minimum atomic E-state index is 0.547. The van der Waals surface area contributed by atoms with E-state index in [4.69, 9.17) is 0 Å². The van der Waals surface area contributed by atoms with Crippen LogP contribution in [0.4, 0.5) is 0 Å². The molecule has 0 aliphatic heterocycles. The third kappa shape index (κ3) is 4.21. The van der Waals surface area contributed by atoms with Crippen LogP contribution in [0.1, 0.15) is 82.3 Å². The molecule has 0 saturated heterocycles. The summed E-state index contributed by atoms with van der Waals surface area (Å²) in [6.07, 6.45) is 17.9. The second-order valence-electron chi connectivity index (χ2n) is 8.88. The van der Waals surface area contributed by atoms with Crippen molar-refractivity contribution in [3.63, 3.8) is 0 Å². The van der Waals surface area contributed by atoms with E-state index in [1.54, 1.807) is 5.57 Å². The smallest absolute Gasteiger partial charge is 0.00574 e. The van der Waals surface area contributed by atoms with Crippen molar-refractivity contribution in [3.05, 3.63) is 65.2 Å². The Labute approximate surface area is 165 Å². The lowest BCUT2D eigenvalue weighted by Gasteiger charge is -2.33. The second-order valence-corrected chi connectivity index (χ2v) is 8.88. The Bertz CT molecular complexity index is 771. The van der Waals surface area contributed by atoms with Gasteiger partial charge in [-0.15, -0.1) is 0 Å². The van der Waals surface area contributed by atoms with E-state index in [-0.39, 0.29) is 0 Å². The molecule has 0 bridgehead atoms. The number of hydrogen-bond donors (Lipinski definition) is 0. The lowest BCUT2D eigenvalue weighted by Crippen LogP contribution is -2.21. The molecular weight excluding hydrogens is 324 g/mol. The number of hydrogen-bond acceptors (Lipinski definition) is 0. The Hall–Kier alpha value is -1.82. The van der Waals surface area contributed by atoms with E-state index in [0.29, 0.717) is 5.41 Å². The van der Waals surface area contributed by atoms with Crippen LogP contribution >= 0.6 is 0 Å². The summed E-state index contributed by atoms with van der Waals surface area (Å²) in [6, 6.07) is 17.8. The van der Waals surface area contributed by atoms with Crippen LogP contribution < -0.4 is 0 Å². The maximum Gasteiger partial charge on any atom is -0.00574 e. The van der Waals surface area contributed by atoms with Crippen molar-refractivity contribution < 1.29 is 0 Å². The molecule has 0 heteroatoms. The van der Waals surface area contributed by atoms with Crippen LogP contribution in [0, 0.1) is 5.41 Å². The Balaban J connectivity index is 1.59. The predicted molar refractivity (Wildman–Crippen MR) is 118 cm³/mol. The Morgan fingerprint density at radius 1 is 0.778 bits per heavy atom. The minimum absolute atomic E-state index is 0.547. The van der Waals surface area contributed by atoms with Gasteiger partial charge in [0, 0.05) is 0 Å². The molecule has 2 aliphatic carbocycles. The lowest BCUT2D eigenvalue weighted by atomic mass is 9.72. The van der Waals surface area contributed by atoms with E-state index < -0.39 is 0 Å². The molecule has 0 atom stereocenters. The molecule has 0 nitrogen and oxygen atoms in total. The molecule has 0 unspecified atom stereocenters. The van der Waals surface area contributed by atoms with Crippen molar-refractivity contribution >= 4 is 6.08 Å². The van der Waals surface area contributed by atoms with Gasteiger partial charge in [0.05, 0.1) is 0 Å². The van der Waals surface area contributed by atoms with Crippen LogP contribution in [-0.2, 0) is 6.42 Å². The quantitative estimate of drug-likeness (QED) is 0.516. The van der Waals surface area contributed by atoms with Gasteiger partial charge in [0.2, 0.25) is 0 Å². The standard InChI is InChI=1S/C27H34/c1-2-27(17-10-5-3-4-6-11-18-27)21-22-19-24-15-12-16-25(26(24)20-22)23-13-8-7-9-14-23/h7-9,12-16,20H,2-6,10-11,17-19,21H2,1H3. The average Bonchev–Trinajstić information content (AvgIpc) is 3.16. The second kappa shape index (κ2) is 8.46. The van der Waals surface area contributed by atoms with E-state index >= 15 is 0 Å². The summed E-state index contributed by atoms with van der Waals surface area (Å²) in [7, 11) is 0. The molecule has 27 heavy (non-hydrogen) atoms. The molecule has 4 rings (SSSR count). The lowest BCUT2D eigenvalue weighted by molar-refractivity contribution is 0.215. The first-order valence-corrected chi connectivity index (χ1v) is 11.2. The van der Waals surface area contributed by atoms with Crippen LogP contribution in [0.2, 0.25) is 0 Å². The Kier molecular flexibility index (Phi) is 5.81. The predicted octanol–water partition coefficient (Wildman–Crippen LogP) is 8.21. The zero-order chi connectivity index (χ0) is 18.5. The first-order chi connectivity index (χ1) is 13.3. The van der Waals surface area contributed by atoms with E-state index in [9.17, 15) is 0 Å². The van der Waals surface area contributed by atoms with E-state index in [1.165, 1.54) is 86.5 Å². The molecule has 2 aromatic rings. The van der Waals surface area contributed by atoms with Crippen molar-refractivity contribution in [2.45, 2.75) is 77.6 Å². The molecule has 0 amide bonds. The largest absolute Gasteiger partial charge is 0.0648 e. The highest BCUT2D eigenvalue weighted by molar-refractivity contribution is 5.80. The van der Waals surface area contributed by atoms with Gasteiger partial charge in [-0.05, 0) is 53.4 Å². The van der Waals surface area contributed by atoms with Crippen molar-refractivity contribution in [2.75, 3.05) is 0 Å². The zero-order valence-corrected chi connectivity index (χ0v) is 17.0. The van der Waals surface area contributed by atoms with Gasteiger partial charge in [-0.3, -0.25) is 0 Å². The van der Waals surface area contributed by atoms with Gasteiger partial charge in [0.25, 0.3) is 0 Å². The van der Waals surface area contributed by atoms with E-state index in [0.717, 1.165) is 6.42 Å². The number of fused-ring (bicyclic) bond motifs is 1. The van der Waals surface area contributed by atoms with Crippen LogP contribution in [-0.4, -0.2) is 0 Å². The van der Waals surface area contributed by atoms with Gasteiger partial charge in [-0.25, -0.2) is 0 Å². The number of rotatable bonds is 4. The number of benzene rings is 2. The third-order valence-electron chi connectivity index (χ3n) is 7.06. The molecule has 0 radical (unpaired) electrons. The summed E-state index contributed by atoms with van der Waals surface area (Å²) >= 11 is 0. The maximum absolute atomic E-state index is 2.54. The van der Waals surface area contributed by atoms with Crippen LogP contribution in [0.15, 0.2) is 54.1 Å². The van der Waals surface area contributed by atoms with Gasteiger partial charge in [-0.1, -0.05) is 112 Å². The molecule has 142 valence electrons. The highest BCUT2D eigenvalue weighted by Crippen LogP contribution is 2.45. The molecular formula is C27H34. The summed E-state index contributed by atoms with van der Waals surface area (Å²) < 4.78 is 0. The monoisotopic (exact) mass is 358 g/mol. The third-order valence-corrected chi connectivity index (χ3v) is 7.06. The highest BCUT2D eigenvalue weighted by atomic mass is 14.4. The van der Waals surface area contributed by atoms with E-state index in [1.807, 2.05) is 0 Å². The molecule has 2 aliphatic rings. The fraction of sp³-hybridized carbons (Fsp3) is 0.481. The molecule has 0 heterocycles. The van der Waals surface area contributed by atoms with Gasteiger partial charge in [-0.2, -0.15) is 0 Å².